The summed E-state index contributed by atoms with van der Waals surface area (Å²) in [7, 11) is 0. The van der Waals surface area contributed by atoms with Crippen molar-refractivity contribution in [2.45, 2.75) is 38.1 Å². The first kappa shape index (κ1) is 12.8. The van der Waals surface area contributed by atoms with Gasteiger partial charge in [0, 0.05) is 24.8 Å². The van der Waals surface area contributed by atoms with Crippen LogP contribution in [-0.4, -0.2) is 35.7 Å². The molecule has 0 spiro atoms. The lowest BCUT2D eigenvalue weighted by Gasteiger charge is -2.16. The smallest absolute Gasteiger partial charge is 0.220 e. The molecule has 1 unspecified atom stereocenters. The van der Waals surface area contributed by atoms with Crippen molar-refractivity contribution in [3.05, 3.63) is 0 Å². The van der Waals surface area contributed by atoms with Crippen molar-refractivity contribution in [2.75, 3.05) is 18.6 Å². The number of nitrogens with one attached hydrogen (secondary N) is 1. The Morgan fingerprint density at radius 1 is 1.60 bits per heavy atom. The van der Waals surface area contributed by atoms with E-state index in [0.29, 0.717) is 12.8 Å². The molecule has 1 saturated carbocycles. The van der Waals surface area contributed by atoms with Crippen molar-refractivity contribution in [3.63, 3.8) is 0 Å². The predicted molar refractivity (Wildman–Crippen MR) is 64.0 cm³/mol. The second-order valence-electron chi connectivity index (χ2n) is 4.21. The van der Waals surface area contributed by atoms with E-state index in [2.05, 4.69) is 5.32 Å². The summed E-state index contributed by atoms with van der Waals surface area (Å²) in [6.07, 6.45) is 6.98. The summed E-state index contributed by atoms with van der Waals surface area (Å²) in [6, 6.07) is 0.136. The van der Waals surface area contributed by atoms with Gasteiger partial charge in [-0.2, -0.15) is 11.8 Å². The number of rotatable bonds is 8. The quantitative estimate of drug-likeness (QED) is 0.664. The summed E-state index contributed by atoms with van der Waals surface area (Å²) in [5, 5.41) is 11.8. The van der Waals surface area contributed by atoms with Crippen molar-refractivity contribution in [1.29, 1.82) is 0 Å². The van der Waals surface area contributed by atoms with E-state index >= 15 is 0 Å². The minimum atomic E-state index is 0.136. The van der Waals surface area contributed by atoms with Gasteiger partial charge in [-0.05, 0) is 25.0 Å². The molecule has 0 aromatic rings. The zero-order valence-corrected chi connectivity index (χ0v) is 10.2. The van der Waals surface area contributed by atoms with Crippen molar-refractivity contribution in [1.82, 2.24) is 5.32 Å². The first-order chi connectivity index (χ1) is 7.26. The molecule has 0 aromatic heterocycles. The third-order valence-corrected chi connectivity index (χ3v) is 3.42. The molecular formula is C11H21NO2S. The Hall–Kier alpha value is -0.220. The van der Waals surface area contributed by atoms with Gasteiger partial charge in [-0.15, -0.1) is 0 Å². The van der Waals surface area contributed by atoms with Crippen LogP contribution in [0.4, 0.5) is 0 Å². The van der Waals surface area contributed by atoms with Crippen LogP contribution in [0.25, 0.3) is 0 Å². The molecule has 4 heteroatoms. The highest BCUT2D eigenvalue weighted by Gasteiger charge is 2.22. The monoisotopic (exact) mass is 231 g/mol. The Morgan fingerprint density at radius 3 is 2.87 bits per heavy atom. The molecule has 1 rings (SSSR count). The second-order valence-corrected chi connectivity index (χ2v) is 5.12. The molecule has 1 aliphatic carbocycles. The fourth-order valence-electron chi connectivity index (χ4n) is 1.60. The van der Waals surface area contributed by atoms with Crippen molar-refractivity contribution < 1.29 is 9.90 Å². The highest BCUT2D eigenvalue weighted by molar-refractivity contribution is 7.98. The largest absolute Gasteiger partial charge is 0.396 e. The lowest BCUT2D eigenvalue weighted by Crippen LogP contribution is -2.37. The van der Waals surface area contributed by atoms with E-state index in [1.54, 1.807) is 11.8 Å². The Kier molecular flexibility index (Phi) is 6.10. The van der Waals surface area contributed by atoms with Crippen LogP contribution in [0.15, 0.2) is 0 Å². The molecular weight excluding hydrogens is 210 g/mol. The third-order valence-electron chi connectivity index (χ3n) is 2.69. The van der Waals surface area contributed by atoms with Gasteiger partial charge in [-0.25, -0.2) is 0 Å². The van der Waals surface area contributed by atoms with Crippen LogP contribution in [0.2, 0.25) is 0 Å². The van der Waals surface area contributed by atoms with Crippen molar-refractivity contribution in [3.8, 4) is 0 Å². The number of hydrogen-bond acceptors (Lipinski definition) is 3. The maximum atomic E-state index is 11.5. The number of amides is 1. The van der Waals surface area contributed by atoms with Crippen LogP contribution in [0.3, 0.4) is 0 Å². The molecule has 0 aliphatic heterocycles. The Labute approximate surface area is 96.0 Å². The number of carbonyl (C=O) groups excluding carboxylic acids is 1. The molecule has 15 heavy (non-hydrogen) atoms. The van der Waals surface area contributed by atoms with Crippen molar-refractivity contribution >= 4 is 17.7 Å². The number of hydrogen-bond donors (Lipinski definition) is 2. The van der Waals surface area contributed by atoms with E-state index < -0.39 is 0 Å². The molecule has 0 aromatic carbocycles. The fourth-order valence-corrected chi connectivity index (χ4v) is 2.25. The average Bonchev–Trinajstić information content (AvgIpc) is 2.99. The van der Waals surface area contributed by atoms with Gasteiger partial charge in [-0.3, -0.25) is 4.79 Å². The van der Waals surface area contributed by atoms with E-state index in [-0.39, 0.29) is 18.6 Å². The van der Waals surface area contributed by atoms with Crippen LogP contribution in [0, 0.1) is 5.92 Å². The first-order valence-corrected chi connectivity index (χ1v) is 7.04. The zero-order chi connectivity index (χ0) is 11.1. The lowest BCUT2D eigenvalue weighted by atomic mass is 10.2. The van der Waals surface area contributed by atoms with Crippen molar-refractivity contribution in [2.24, 2.45) is 5.92 Å². The van der Waals surface area contributed by atoms with Gasteiger partial charge in [0.15, 0.2) is 0 Å². The van der Waals surface area contributed by atoms with Crippen LogP contribution in [0.1, 0.15) is 32.1 Å². The Balaban J connectivity index is 2.12. The number of aliphatic hydroxyl groups is 1. The molecule has 1 amide bonds. The van der Waals surface area contributed by atoms with Gasteiger partial charge in [0.1, 0.15) is 0 Å². The van der Waals surface area contributed by atoms with Gasteiger partial charge in [0.25, 0.3) is 0 Å². The molecule has 2 N–H and O–H groups in total. The van der Waals surface area contributed by atoms with E-state index in [0.717, 1.165) is 18.1 Å². The van der Waals surface area contributed by atoms with Gasteiger partial charge >= 0.3 is 0 Å². The van der Waals surface area contributed by atoms with Crippen LogP contribution in [0.5, 0.6) is 0 Å². The van der Waals surface area contributed by atoms with Gasteiger partial charge in [0.05, 0.1) is 0 Å². The highest BCUT2D eigenvalue weighted by atomic mass is 32.2. The molecule has 1 fully saturated rings. The lowest BCUT2D eigenvalue weighted by molar-refractivity contribution is -0.121. The topological polar surface area (TPSA) is 49.3 Å². The summed E-state index contributed by atoms with van der Waals surface area (Å²) >= 11 is 1.70. The Morgan fingerprint density at radius 2 is 2.33 bits per heavy atom. The molecule has 0 bridgehead atoms. The van der Waals surface area contributed by atoms with E-state index in [1.165, 1.54) is 12.8 Å². The predicted octanol–water partition coefficient (Wildman–Crippen LogP) is 1.41. The van der Waals surface area contributed by atoms with Crippen LogP contribution in [-0.2, 0) is 4.79 Å². The molecule has 88 valence electrons. The van der Waals surface area contributed by atoms with E-state index in [4.69, 9.17) is 5.11 Å². The summed E-state index contributed by atoms with van der Waals surface area (Å²) in [5.41, 5.74) is 0. The molecule has 3 nitrogen and oxygen atoms in total. The first-order valence-electron chi connectivity index (χ1n) is 5.65. The normalized spacial score (nSPS) is 17.5. The van der Waals surface area contributed by atoms with Gasteiger partial charge in [-0.1, -0.05) is 12.8 Å². The third kappa shape index (κ3) is 6.05. The van der Waals surface area contributed by atoms with Gasteiger partial charge in [0.2, 0.25) is 5.91 Å². The zero-order valence-electron chi connectivity index (χ0n) is 9.37. The maximum Gasteiger partial charge on any atom is 0.220 e. The molecule has 0 radical (unpaired) electrons. The minimum Gasteiger partial charge on any atom is -0.396 e. The van der Waals surface area contributed by atoms with Crippen LogP contribution >= 0.6 is 11.8 Å². The van der Waals surface area contributed by atoms with Crippen LogP contribution < -0.4 is 5.32 Å². The van der Waals surface area contributed by atoms with E-state index in [1.807, 2.05) is 6.26 Å². The molecule has 1 aliphatic rings. The summed E-state index contributed by atoms with van der Waals surface area (Å²) in [6.45, 7) is 0.147. The number of thioether (sulfide) groups is 1. The SMILES string of the molecule is CSCC(CCO)NC(=O)CCC1CC1. The molecule has 1 atom stereocenters. The number of carbonyl (C=O) groups is 1. The summed E-state index contributed by atoms with van der Waals surface area (Å²) in [4.78, 5) is 11.5. The minimum absolute atomic E-state index is 0.136. The second kappa shape index (κ2) is 7.12. The molecule has 0 heterocycles. The van der Waals surface area contributed by atoms with Gasteiger partial charge < -0.3 is 10.4 Å². The maximum absolute atomic E-state index is 11.5. The standard InChI is InChI=1S/C11H21NO2S/c1-15-8-10(6-7-13)12-11(14)5-4-9-2-3-9/h9-10,13H,2-8H2,1H3,(H,12,14). The number of aliphatic hydroxyl groups excluding tert-OH is 1. The summed E-state index contributed by atoms with van der Waals surface area (Å²) < 4.78 is 0. The Bertz CT molecular complexity index is 189. The highest BCUT2D eigenvalue weighted by Crippen LogP contribution is 2.33. The summed E-state index contributed by atoms with van der Waals surface area (Å²) in [5.74, 6) is 1.84. The fraction of sp³-hybridized carbons (Fsp3) is 0.909. The molecule has 0 saturated heterocycles. The van der Waals surface area contributed by atoms with E-state index in [9.17, 15) is 4.79 Å². The average molecular weight is 231 g/mol.